The van der Waals surface area contributed by atoms with Crippen LogP contribution in [0.1, 0.15) is 33.6 Å². The van der Waals surface area contributed by atoms with E-state index in [9.17, 15) is 9.59 Å². The zero-order valence-electron chi connectivity index (χ0n) is 8.96. The van der Waals surface area contributed by atoms with Crippen LogP contribution in [0.3, 0.4) is 0 Å². The maximum absolute atomic E-state index is 11.3. The number of Topliss-reactive ketones (excluding diaryl/α,β-unsaturated/α-hetero) is 1. The highest BCUT2D eigenvalue weighted by atomic mass is 16.2. The molecule has 0 aliphatic heterocycles. The molecule has 0 aromatic rings. The smallest absolute Gasteiger partial charge is 0.229 e. The number of hydrogen-bond acceptors (Lipinski definition) is 2. The molecular formula is C10H19NO2. The second-order valence-electron chi connectivity index (χ2n) is 3.88. The Morgan fingerprint density at radius 1 is 1.31 bits per heavy atom. The number of ketones is 1. The Labute approximate surface area is 80.1 Å². The standard InChI is InChI=1S/C10H19NO2/c1-8(2)5-6-11(4)10(13)7-9(3)12/h8H,5-7H2,1-4H3. The quantitative estimate of drug-likeness (QED) is 0.608. The van der Waals surface area contributed by atoms with Crippen LogP contribution in [-0.4, -0.2) is 30.2 Å². The molecule has 76 valence electrons. The minimum Gasteiger partial charge on any atom is -0.345 e. The van der Waals surface area contributed by atoms with Crippen molar-refractivity contribution in [3.05, 3.63) is 0 Å². The summed E-state index contributed by atoms with van der Waals surface area (Å²) in [7, 11) is 1.74. The molecule has 0 unspecified atom stereocenters. The minimum atomic E-state index is -0.0758. The highest BCUT2D eigenvalue weighted by molar-refractivity contribution is 5.96. The lowest BCUT2D eigenvalue weighted by atomic mass is 10.1. The van der Waals surface area contributed by atoms with Gasteiger partial charge in [-0.25, -0.2) is 0 Å². The molecule has 0 N–H and O–H groups in total. The van der Waals surface area contributed by atoms with E-state index in [1.807, 2.05) is 0 Å². The van der Waals surface area contributed by atoms with Crippen molar-refractivity contribution in [2.45, 2.75) is 33.6 Å². The van der Waals surface area contributed by atoms with Gasteiger partial charge in [0.1, 0.15) is 5.78 Å². The molecular weight excluding hydrogens is 166 g/mol. The van der Waals surface area contributed by atoms with E-state index in [2.05, 4.69) is 13.8 Å². The zero-order valence-corrected chi connectivity index (χ0v) is 8.96. The minimum absolute atomic E-state index is 0.0363. The van der Waals surface area contributed by atoms with Crippen molar-refractivity contribution in [3.63, 3.8) is 0 Å². The Morgan fingerprint density at radius 2 is 1.85 bits per heavy atom. The molecule has 0 rings (SSSR count). The largest absolute Gasteiger partial charge is 0.345 e. The Hall–Kier alpha value is -0.860. The van der Waals surface area contributed by atoms with Crippen LogP contribution in [0.2, 0.25) is 0 Å². The number of carbonyl (C=O) groups excluding carboxylic acids is 2. The van der Waals surface area contributed by atoms with Crippen LogP contribution in [0, 0.1) is 5.92 Å². The second-order valence-corrected chi connectivity index (χ2v) is 3.88. The molecule has 13 heavy (non-hydrogen) atoms. The summed E-state index contributed by atoms with van der Waals surface area (Å²) < 4.78 is 0. The normalized spacial score (nSPS) is 10.2. The van der Waals surface area contributed by atoms with Crippen molar-refractivity contribution in [2.24, 2.45) is 5.92 Å². The topological polar surface area (TPSA) is 37.4 Å². The monoisotopic (exact) mass is 185 g/mol. The van der Waals surface area contributed by atoms with E-state index in [-0.39, 0.29) is 18.1 Å². The molecule has 0 aromatic heterocycles. The summed E-state index contributed by atoms with van der Waals surface area (Å²) in [6, 6.07) is 0. The van der Waals surface area contributed by atoms with Crippen LogP contribution < -0.4 is 0 Å². The van der Waals surface area contributed by atoms with Gasteiger partial charge in [-0.15, -0.1) is 0 Å². The van der Waals surface area contributed by atoms with Crippen molar-refractivity contribution in [1.82, 2.24) is 4.90 Å². The number of rotatable bonds is 5. The molecule has 0 saturated carbocycles. The maximum atomic E-state index is 11.3. The third-order valence-electron chi connectivity index (χ3n) is 1.87. The predicted octanol–water partition coefficient (Wildman–Crippen LogP) is 1.47. The van der Waals surface area contributed by atoms with Gasteiger partial charge in [-0.05, 0) is 19.3 Å². The average molecular weight is 185 g/mol. The van der Waals surface area contributed by atoms with Crippen molar-refractivity contribution in [1.29, 1.82) is 0 Å². The summed E-state index contributed by atoms with van der Waals surface area (Å²) >= 11 is 0. The summed E-state index contributed by atoms with van der Waals surface area (Å²) in [5.41, 5.74) is 0. The van der Waals surface area contributed by atoms with Gasteiger partial charge in [-0.2, -0.15) is 0 Å². The summed E-state index contributed by atoms with van der Waals surface area (Å²) in [5, 5.41) is 0. The first-order chi connectivity index (χ1) is 5.93. The van der Waals surface area contributed by atoms with E-state index in [4.69, 9.17) is 0 Å². The lowest BCUT2D eigenvalue weighted by Crippen LogP contribution is -2.29. The van der Waals surface area contributed by atoms with Gasteiger partial charge in [-0.1, -0.05) is 13.8 Å². The lowest BCUT2D eigenvalue weighted by molar-refractivity contribution is -0.133. The van der Waals surface area contributed by atoms with Crippen LogP contribution in [0.4, 0.5) is 0 Å². The number of hydrogen-bond donors (Lipinski definition) is 0. The molecule has 0 saturated heterocycles. The summed E-state index contributed by atoms with van der Waals surface area (Å²) in [5.74, 6) is 0.446. The highest BCUT2D eigenvalue weighted by Crippen LogP contribution is 2.01. The molecule has 0 aliphatic carbocycles. The molecule has 0 aliphatic rings. The molecule has 1 amide bonds. The van der Waals surface area contributed by atoms with E-state index in [0.29, 0.717) is 5.92 Å². The molecule has 0 heterocycles. The van der Waals surface area contributed by atoms with Gasteiger partial charge in [-0.3, -0.25) is 9.59 Å². The first-order valence-electron chi connectivity index (χ1n) is 4.67. The molecule has 0 aromatic carbocycles. The summed E-state index contributed by atoms with van der Waals surface area (Å²) in [6.45, 7) is 6.41. The fraction of sp³-hybridized carbons (Fsp3) is 0.800. The van der Waals surface area contributed by atoms with Gasteiger partial charge in [0, 0.05) is 13.6 Å². The van der Waals surface area contributed by atoms with E-state index in [1.54, 1.807) is 11.9 Å². The van der Waals surface area contributed by atoms with Crippen molar-refractivity contribution in [3.8, 4) is 0 Å². The third-order valence-corrected chi connectivity index (χ3v) is 1.87. The molecule has 3 heteroatoms. The van der Waals surface area contributed by atoms with Crippen LogP contribution in [-0.2, 0) is 9.59 Å². The lowest BCUT2D eigenvalue weighted by Gasteiger charge is -2.17. The van der Waals surface area contributed by atoms with E-state index >= 15 is 0 Å². The fourth-order valence-electron chi connectivity index (χ4n) is 0.924. The van der Waals surface area contributed by atoms with Crippen molar-refractivity contribution < 1.29 is 9.59 Å². The molecule has 0 atom stereocenters. The van der Waals surface area contributed by atoms with Gasteiger partial charge in [0.15, 0.2) is 0 Å². The van der Waals surface area contributed by atoms with Gasteiger partial charge in [0.2, 0.25) is 5.91 Å². The molecule has 0 spiro atoms. The predicted molar refractivity (Wildman–Crippen MR) is 52.4 cm³/mol. The van der Waals surface area contributed by atoms with Gasteiger partial charge in [0.25, 0.3) is 0 Å². The number of nitrogens with zero attached hydrogens (tertiary/aromatic N) is 1. The van der Waals surface area contributed by atoms with Crippen LogP contribution in [0.15, 0.2) is 0 Å². The zero-order chi connectivity index (χ0) is 10.4. The summed E-state index contributed by atoms with van der Waals surface area (Å²) in [6.07, 6.45) is 1.02. The molecule has 3 nitrogen and oxygen atoms in total. The first-order valence-corrected chi connectivity index (χ1v) is 4.67. The van der Waals surface area contributed by atoms with E-state index < -0.39 is 0 Å². The molecule has 0 fully saturated rings. The van der Waals surface area contributed by atoms with Gasteiger partial charge in [0.05, 0.1) is 6.42 Å². The fourth-order valence-corrected chi connectivity index (χ4v) is 0.924. The highest BCUT2D eigenvalue weighted by Gasteiger charge is 2.10. The van der Waals surface area contributed by atoms with Crippen LogP contribution in [0.5, 0.6) is 0 Å². The maximum Gasteiger partial charge on any atom is 0.229 e. The SMILES string of the molecule is CC(=O)CC(=O)N(C)CCC(C)C. The Morgan fingerprint density at radius 3 is 2.23 bits per heavy atom. The Kier molecular flexibility index (Phi) is 5.35. The first kappa shape index (κ1) is 12.1. The Balaban J connectivity index is 3.76. The Bertz CT molecular complexity index is 187. The molecule has 0 bridgehead atoms. The van der Waals surface area contributed by atoms with E-state index in [1.165, 1.54) is 6.92 Å². The number of carbonyl (C=O) groups is 2. The molecule has 0 radical (unpaired) electrons. The summed E-state index contributed by atoms with van der Waals surface area (Å²) in [4.78, 5) is 23.5. The van der Waals surface area contributed by atoms with Crippen LogP contribution in [0.25, 0.3) is 0 Å². The second kappa shape index (κ2) is 5.73. The number of amides is 1. The van der Waals surface area contributed by atoms with Gasteiger partial charge < -0.3 is 4.90 Å². The van der Waals surface area contributed by atoms with Gasteiger partial charge >= 0.3 is 0 Å². The van der Waals surface area contributed by atoms with Crippen LogP contribution >= 0.6 is 0 Å². The third kappa shape index (κ3) is 6.31. The van der Waals surface area contributed by atoms with Crippen molar-refractivity contribution in [2.75, 3.05) is 13.6 Å². The van der Waals surface area contributed by atoms with E-state index in [0.717, 1.165) is 13.0 Å². The van der Waals surface area contributed by atoms with Crippen molar-refractivity contribution >= 4 is 11.7 Å². The average Bonchev–Trinajstić information content (AvgIpc) is 1.98.